The van der Waals surface area contributed by atoms with Crippen LogP contribution in [0.5, 0.6) is 5.75 Å². The molecule has 0 radical (unpaired) electrons. The quantitative estimate of drug-likeness (QED) is 0.899. The highest BCUT2D eigenvalue weighted by Crippen LogP contribution is 2.32. The second-order valence-corrected chi connectivity index (χ2v) is 6.11. The molecule has 1 aromatic heterocycles. The highest BCUT2D eigenvalue weighted by molar-refractivity contribution is 5.64. The number of nitrogens with two attached hydrogens (primary N) is 1. The summed E-state index contributed by atoms with van der Waals surface area (Å²) in [4.78, 5) is 18.5. The number of aromatic nitrogens is 2. The van der Waals surface area contributed by atoms with Crippen LogP contribution in [0.2, 0.25) is 0 Å². The average Bonchev–Trinajstić information content (AvgIpc) is 2.59. The van der Waals surface area contributed by atoms with E-state index in [4.69, 9.17) is 10.5 Å². The Balaban J connectivity index is 1.82. The Kier molecular flexibility index (Phi) is 4.80. The maximum absolute atomic E-state index is 11.6. The predicted octanol–water partition coefficient (Wildman–Crippen LogP) is 2.73. The van der Waals surface area contributed by atoms with Crippen LogP contribution in [0.4, 0.5) is 5.82 Å². The third-order valence-corrected chi connectivity index (χ3v) is 4.43. The summed E-state index contributed by atoms with van der Waals surface area (Å²) in [6.45, 7) is 0.488. The van der Waals surface area contributed by atoms with Gasteiger partial charge < -0.3 is 15.5 Å². The maximum atomic E-state index is 11.6. The Bertz CT molecular complexity index is 809. The monoisotopic (exact) mass is 324 g/mol. The fourth-order valence-corrected chi connectivity index (χ4v) is 3.17. The normalized spacial score (nSPS) is 20.3. The van der Waals surface area contributed by atoms with Gasteiger partial charge in [-0.25, -0.2) is 4.98 Å². The number of nitrogen functional groups attached to an aromatic ring is 1. The molecule has 3 rings (SSSR count). The van der Waals surface area contributed by atoms with Crippen molar-refractivity contribution in [3.8, 4) is 23.2 Å². The van der Waals surface area contributed by atoms with E-state index >= 15 is 0 Å². The fraction of sp³-hybridized carbons (Fsp3) is 0.389. The number of ether oxygens (including phenoxy) is 1. The molecule has 124 valence electrons. The van der Waals surface area contributed by atoms with Crippen LogP contribution >= 0.6 is 0 Å². The van der Waals surface area contributed by atoms with Crippen LogP contribution in [0.15, 0.2) is 35.1 Å². The second kappa shape index (κ2) is 7.18. The van der Waals surface area contributed by atoms with Crippen molar-refractivity contribution in [2.75, 3.05) is 12.3 Å². The van der Waals surface area contributed by atoms with Gasteiger partial charge in [-0.15, -0.1) is 0 Å². The Morgan fingerprint density at radius 2 is 2.12 bits per heavy atom. The van der Waals surface area contributed by atoms with Crippen LogP contribution in [-0.4, -0.2) is 16.6 Å². The van der Waals surface area contributed by atoms with Crippen molar-refractivity contribution in [3.63, 3.8) is 0 Å². The van der Waals surface area contributed by atoms with Crippen LogP contribution in [-0.2, 0) is 0 Å². The highest BCUT2D eigenvalue weighted by atomic mass is 16.5. The number of nitrogens with zero attached hydrogens (tertiary/aromatic N) is 2. The zero-order chi connectivity index (χ0) is 16.9. The van der Waals surface area contributed by atoms with Gasteiger partial charge in [-0.3, -0.25) is 4.79 Å². The molecule has 1 heterocycles. The van der Waals surface area contributed by atoms with Gasteiger partial charge in [0, 0.05) is 12.0 Å². The summed E-state index contributed by atoms with van der Waals surface area (Å²) in [5.74, 6) is 1.48. The van der Waals surface area contributed by atoms with E-state index in [-0.39, 0.29) is 23.2 Å². The van der Waals surface area contributed by atoms with E-state index in [1.165, 1.54) is 6.07 Å². The molecular formula is C18H20N4O2. The SMILES string of the molecule is N#CC1CCCCC1COc1ccccc1-c1nc(N)cc(=O)[nH]1. The molecule has 1 aromatic carbocycles. The number of nitrogens with one attached hydrogen (secondary N) is 1. The number of para-hydroxylation sites is 1. The zero-order valence-electron chi connectivity index (χ0n) is 13.4. The number of hydrogen-bond acceptors (Lipinski definition) is 5. The van der Waals surface area contributed by atoms with E-state index in [1.807, 2.05) is 24.3 Å². The lowest BCUT2D eigenvalue weighted by atomic mass is 9.80. The van der Waals surface area contributed by atoms with Crippen molar-refractivity contribution in [3.05, 3.63) is 40.7 Å². The van der Waals surface area contributed by atoms with E-state index < -0.39 is 0 Å². The van der Waals surface area contributed by atoms with Gasteiger partial charge in [0.2, 0.25) is 0 Å². The number of nitriles is 1. The summed E-state index contributed by atoms with van der Waals surface area (Å²) in [5.41, 5.74) is 6.05. The first-order chi connectivity index (χ1) is 11.7. The van der Waals surface area contributed by atoms with Crippen molar-refractivity contribution in [2.24, 2.45) is 11.8 Å². The van der Waals surface area contributed by atoms with Gasteiger partial charge in [-0.1, -0.05) is 25.0 Å². The number of anilines is 1. The Hall–Kier alpha value is -2.81. The van der Waals surface area contributed by atoms with Gasteiger partial charge in [-0.2, -0.15) is 5.26 Å². The Labute approximate surface area is 140 Å². The molecule has 0 amide bonds. The molecule has 1 aliphatic carbocycles. The molecule has 1 aliphatic rings. The maximum Gasteiger partial charge on any atom is 0.253 e. The number of benzene rings is 1. The summed E-state index contributed by atoms with van der Waals surface area (Å²) in [5, 5.41) is 9.28. The van der Waals surface area contributed by atoms with Gasteiger partial charge in [0.05, 0.1) is 24.2 Å². The van der Waals surface area contributed by atoms with E-state index in [0.29, 0.717) is 23.7 Å². The number of hydrogen-bond donors (Lipinski definition) is 2. The van der Waals surface area contributed by atoms with Gasteiger partial charge in [0.1, 0.15) is 17.4 Å². The average molecular weight is 324 g/mol. The lowest BCUT2D eigenvalue weighted by Crippen LogP contribution is -2.24. The molecule has 24 heavy (non-hydrogen) atoms. The van der Waals surface area contributed by atoms with Gasteiger partial charge in [-0.05, 0) is 25.0 Å². The lowest BCUT2D eigenvalue weighted by Gasteiger charge is -2.26. The van der Waals surface area contributed by atoms with Gasteiger partial charge >= 0.3 is 0 Å². The van der Waals surface area contributed by atoms with E-state index in [0.717, 1.165) is 25.7 Å². The van der Waals surface area contributed by atoms with Crippen LogP contribution in [0.3, 0.4) is 0 Å². The Morgan fingerprint density at radius 3 is 2.92 bits per heavy atom. The van der Waals surface area contributed by atoms with Crippen molar-refractivity contribution in [1.82, 2.24) is 9.97 Å². The molecule has 0 saturated heterocycles. The van der Waals surface area contributed by atoms with Crippen molar-refractivity contribution in [2.45, 2.75) is 25.7 Å². The first kappa shape index (κ1) is 16.1. The molecule has 2 aromatic rings. The minimum atomic E-state index is -0.302. The molecule has 0 bridgehead atoms. The third kappa shape index (κ3) is 3.57. The molecule has 0 spiro atoms. The highest BCUT2D eigenvalue weighted by Gasteiger charge is 2.25. The van der Waals surface area contributed by atoms with Crippen LogP contribution in [0.25, 0.3) is 11.4 Å². The summed E-state index contributed by atoms with van der Waals surface area (Å²) in [6.07, 6.45) is 4.20. The van der Waals surface area contributed by atoms with E-state index in [2.05, 4.69) is 16.0 Å². The number of H-pyrrole nitrogens is 1. The summed E-state index contributed by atoms with van der Waals surface area (Å²) in [6, 6.07) is 11.0. The topological polar surface area (TPSA) is 105 Å². The lowest BCUT2D eigenvalue weighted by molar-refractivity contribution is 0.177. The predicted molar refractivity (Wildman–Crippen MR) is 91.3 cm³/mol. The molecule has 0 aliphatic heterocycles. The molecular weight excluding hydrogens is 304 g/mol. The minimum Gasteiger partial charge on any atom is -0.492 e. The summed E-state index contributed by atoms with van der Waals surface area (Å²) < 4.78 is 5.99. The van der Waals surface area contributed by atoms with Gasteiger partial charge in [0.25, 0.3) is 5.56 Å². The Morgan fingerprint density at radius 1 is 1.33 bits per heavy atom. The zero-order valence-corrected chi connectivity index (χ0v) is 13.4. The smallest absolute Gasteiger partial charge is 0.253 e. The largest absolute Gasteiger partial charge is 0.492 e. The number of aromatic amines is 1. The summed E-state index contributed by atoms with van der Waals surface area (Å²) >= 11 is 0. The van der Waals surface area contributed by atoms with Gasteiger partial charge in [0.15, 0.2) is 0 Å². The van der Waals surface area contributed by atoms with Crippen molar-refractivity contribution >= 4 is 5.82 Å². The summed E-state index contributed by atoms with van der Waals surface area (Å²) in [7, 11) is 0. The standard InChI is InChI=1S/C18H20N4O2/c19-10-12-5-1-2-6-13(12)11-24-15-8-4-3-7-14(15)18-21-16(20)9-17(23)22-18/h3-4,7-9,12-13H,1-2,5-6,11H2,(H3,20,21,22,23). The van der Waals surface area contributed by atoms with Crippen LogP contribution < -0.4 is 16.0 Å². The van der Waals surface area contributed by atoms with Crippen molar-refractivity contribution in [1.29, 1.82) is 5.26 Å². The first-order valence-corrected chi connectivity index (χ1v) is 8.16. The first-order valence-electron chi connectivity index (χ1n) is 8.16. The van der Waals surface area contributed by atoms with Crippen molar-refractivity contribution < 1.29 is 4.74 Å². The van der Waals surface area contributed by atoms with E-state index in [1.54, 1.807) is 0 Å². The molecule has 1 fully saturated rings. The van der Waals surface area contributed by atoms with E-state index in [9.17, 15) is 10.1 Å². The molecule has 2 atom stereocenters. The van der Waals surface area contributed by atoms with Crippen LogP contribution in [0, 0.1) is 23.2 Å². The minimum absolute atomic E-state index is 0.0520. The molecule has 2 unspecified atom stereocenters. The van der Waals surface area contributed by atoms with Crippen LogP contribution in [0.1, 0.15) is 25.7 Å². The second-order valence-electron chi connectivity index (χ2n) is 6.11. The fourth-order valence-electron chi connectivity index (χ4n) is 3.17. The molecule has 6 heteroatoms. The third-order valence-electron chi connectivity index (χ3n) is 4.43. The molecule has 6 nitrogen and oxygen atoms in total. The molecule has 1 saturated carbocycles. The molecule has 3 N–H and O–H groups in total. The number of rotatable bonds is 4.